The van der Waals surface area contributed by atoms with Gasteiger partial charge in [-0.05, 0) is 64.2 Å². The van der Waals surface area contributed by atoms with Gasteiger partial charge in [0.05, 0.1) is 14.2 Å². The molecule has 0 aliphatic carbocycles. The van der Waals surface area contributed by atoms with Crippen LogP contribution in [-0.2, 0) is 6.42 Å². The summed E-state index contributed by atoms with van der Waals surface area (Å²) in [6, 6.07) is 6.06. The van der Waals surface area contributed by atoms with E-state index in [1.807, 2.05) is 6.07 Å². The van der Waals surface area contributed by atoms with Gasteiger partial charge >= 0.3 is 0 Å². The molecule has 2 nitrogen and oxygen atoms in total. The molecule has 0 saturated carbocycles. The molecule has 2 heteroatoms. The summed E-state index contributed by atoms with van der Waals surface area (Å²) in [5, 5.41) is 0. The van der Waals surface area contributed by atoms with E-state index in [-0.39, 0.29) is 0 Å². The second-order valence-corrected chi connectivity index (χ2v) is 5.63. The normalized spacial score (nSPS) is 11.2. The summed E-state index contributed by atoms with van der Waals surface area (Å²) in [4.78, 5) is 0. The van der Waals surface area contributed by atoms with Crippen molar-refractivity contribution >= 4 is 0 Å². The molecule has 0 aromatic heterocycles. The zero-order chi connectivity index (χ0) is 15.7. The Balaban J connectivity index is 2.52. The second-order valence-electron chi connectivity index (χ2n) is 5.63. The Morgan fingerprint density at radius 1 is 0.905 bits per heavy atom. The first-order valence-electron chi connectivity index (χ1n) is 7.56. The van der Waals surface area contributed by atoms with E-state index in [1.165, 1.54) is 16.7 Å². The molecule has 21 heavy (non-hydrogen) atoms. The predicted molar refractivity (Wildman–Crippen MR) is 90.3 cm³/mol. The highest BCUT2D eigenvalue weighted by atomic mass is 16.5. The SMILES string of the molecule is COc1cc(CCC=C(C)CCC=C(C)C)cc(OC)c1. The summed E-state index contributed by atoms with van der Waals surface area (Å²) in [7, 11) is 3.37. The maximum Gasteiger partial charge on any atom is 0.122 e. The van der Waals surface area contributed by atoms with Crippen LogP contribution < -0.4 is 9.47 Å². The van der Waals surface area contributed by atoms with Crippen molar-refractivity contribution in [3.05, 3.63) is 47.1 Å². The molecule has 0 aliphatic heterocycles. The number of allylic oxidation sites excluding steroid dienone is 4. The average Bonchev–Trinajstić information content (AvgIpc) is 2.46. The predicted octanol–water partition coefficient (Wildman–Crippen LogP) is 5.33. The van der Waals surface area contributed by atoms with Crippen molar-refractivity contribution < 1.29 is 9.47 Å². The highest BCUT2D eigenvalue weighted by molar-refractivity contribution is 5.38. The molecule has 0 aliphatic rings. The first-order valence-corrected chi connectivity index (χ1v) is 7.56. The van der Waals surface area contributed by atoms with Crippen LogP contribution in [0.4, 0.5) is 0 Å². The molecule has 1 rings (SSSR count). The fourth-order valence-electron chi connectivity index (χ4n) is 2.19. The molecule has 1 aromatic rings. The lowest BCUT2D eigenvalue weighted by molar-refractivity contribution is 0.393. The number of hydrogen-bond acceptors (Lipinski definition) is 2. The molecule has 0 bridgehead atoms. The van der Waals surface area contributed by atoms with Crippen LogP contribution in [0, 0.1) is 0 Å². The zero-order valence-electron chi connectivity index (χ0n) is 14.0. The monoisotopic (exact) mass is 288 g/mol. The number of ether oxygens (including phenoxy) is 2. The van der Waals surface area contributed by atoms with Crippen molar-refractivity contribution in [2.24, 2.45) is 0 Å². The van der Waals surface area contributed by atoms with Gasteiger partial charge in [0.25, 0.3) is 0 Å². The maximum absolute atomic E-state index is 5.30. The Bertz CT molecular complexity index is 472. The lowest BCUT2D eigenvalue weighted by Crippen LogP contribution is -1.91. The standard InChI is InChI=1S/C19H28O2/c1-15(2)8-6-9-16(3)10-7-11-17-12-18(20-4)14-19(13-17)21-5/h8,10,12-14H,6-7,9,11H2,1-5H3. The second kappa shape index (κ2) is 9.28. The molecule has 0 spiro atoms. The molecule has 1 aromatic carbocycles. The molecular formula is C19H28O2. The van der Waals surface area contributed by atoms with E-state index >= 15 is 0 Å². The van der Waals surface area contributed by atoms with Crippen molar-refractivity contribution in [1.82, 2.24) is 0 Å². The minimum atomic E-state index is 0.855. The van der Waals surface area contributed by atoms with Gasteiger partial charge in [0.1, 0.15) is 11.5 Å². The Kier molecular flexibility index (Phi) is 7.66. The summed E-state index contributed by atoms with van der Waals surface area (Å²) in [5.74, 6) is 1.71. The molecule has 0 N–H and O–H groups in total. The van der Waals surface area contributed by atoms with Crippen molar-refractivity contribution in [3.8, 4) is 11.5 Å². The molecule has 116 valence electrons. The minimum Gasteiger partial charge on any atom is -0.497 e. The van der Waals surface area contributed by atoms with Gasteiger partial charge in [-0.15, -0.1) is 0 Å². The van der Waals surface area contributed by atoms with E-state index in [0.717, 1.165) is 37.2 Å². The summed E-state index contributed by atoms with van der Waals surface area (Å²) < 4.78 is 10.6. The molecule has 0 saturated heterocycles. The molecule has 0 amide bonds. The third kappa shape index (κ3) is 7.03. The number of hydrogen-bond donors (Lipinski definition) is 0. The van der Waals surface area contributed by atoms with Crippen molar-refractivity contribution in [1.29, 1.82) is 0 Å². The van der Waals surface area contributed by atoms with Crippen molar-refractivity contribution in [3.63, 3.8) is 0 Å². The first-order chi connectivity index (χ1) is 10.0. The van der Waals surface area contributed by atoms with Gasteiger partial charge in [-0.25, -0.2) is 0 Å². The third-order valence-electron chi connectivity index (χ3n) is 3.43. The molecule has 0 fully saturated rings. The van der Waals surface area contributed by atoms with Crippen LogP contribution in [0.2, 0.25) is 0 Å². The van der Waals surface area contributed by atoms with Gasteiger partial charge in [-0.3, -0.25) is 0 Å². The van der Waals surface area contributed by atoms with E-state index in [9.17, 15) is 0 Å². The van der Waals surface area contributed by atoms with Crippen LogP contribution in [-0.4, -0.2) is 14.2 Å². The van der Waals surface area contributed by atoms with E-state index in [2.05, 4.69) is 45.1 Å². The lowest BCUT2D eigenvalue weighted by atomic mass is 10.1. The van der Waals surface area contributed by atoms with Gasteiger partial charge in [0.2, 0.25) is 0 Å². The average molecular weight is 288 g/mol. The lowest BCUT2D eigenvalue weighted by Gasteiger charge is -2.08. The molecule has 0 unspecified atom stereocenters. The topological polar surface area (TPSA) is 18.5 Å². The number of methoxy groups -OCH3 is 2. The fraction of sp³-hybridized carbons (Fsp3) is 0.474. The largest absolute Gasteiger partial charge is 0.497 e. The Labute approximate surface area is 129 Å². The van der Waals surface area contributed by atoms with E-state index in [4.69, 9.17) is 9.47 Å². The highest BCUT2D eigenvalue weighted by Crippen LogP contribution is 2.23. The number of rotatable bonds is 8. The van der Waals surface area contributed by atoms with Crippen LogP contribution in [0.5, 0.6) is 11.5 Å². The Hall–Kier alpha value is -1.70. The first kappa shape index (κ1) is 17.4. The Morgan fingerprint density at radius 2 is 1.52 bits per heavy atom. The molecule has 0 atom stereocenters. The van der Waals surface area contributed by atoms with E-state index in [0.29, 0.717) is 0 Å². The number of benzene rings is 1. The summed E-state index contributed by atoms with van der Waals surface area (Å²) in [5.41, 5.74) is 4.10. The summed E-state index contributed by atoms with van der Waals surface area (Å²) in [6.07, 6.45) is 8.98. The van der Waals surface area contributed by atoms with Gasteiger partial charge in [-0.1, -0.05) is 23.3 Å². The van der Waals surface area contributed by atoms with E-state index in [1.54, 1.807) is 14.2 Å². The third-order valence-corrected chi connectivity index (χ3v) is 3.43. The summed E-state index contributed by atoms with van der Waals surface area (Å²) in [6.45, 7) is 6.51. The minimum absolute atomic E-state index is 0.855. The molecular weight excluding hydrogens is 260 g/mol. The van der Waals surface area contributed by atoms with E-state index < -0.39 is 0 Å². The molecule has 0 heterocycles. The highest BCUT2D eigenvalue weighted by Gasteiger charge is 2.01. The number of aryl methyl sites for hydroxylation is 1. The Morgan fingerprint density at radius 3 is 2.05 bits per heavy atom. The fourth-order valence-corrected chi connectivity index (χ4v) is 2.19. The van der Waals surface area contributed by atoms with Crippen LogP contribution >= 0.6 is 0 Å². The van der Waals surface area contributed by atoms with Gasteiger partial charge in [-0.2, -0.15) is 0 Å². The smallest absolute Gasteiger partial charge is 0.122 e. The van der Waals surface area contributed by atoms with Crippen LogP contribution in [0.3, 0.4) is 0 Å². The molecule has 0 radical (unpaired) electrons. The van der Waals surface area contributed by atoms with Crippen molar-refractivity contribution in [2.45, 2.75) is 46.5 Å². The quantitative estimate of drug-likeness (QED) is 0.602. The summed E-state index contributed by atoms with van der Waals surface area (Å²) >= 11 is 0. The van der Waals surface area contributed by atoms with Gasteiger partial charge in [0, 0.05) is 6.07 Å². The van der Waals surface area contributed by atoms with Crippen LogP contribution in [0.1, 0.15) is 45.6 Å². The van der Waals surface area contributed by atoms with Crippen LogP contribution in [0.15, 0.2) is 41.5 Å². The van der Waals surface area contributed by atoms with Gasteiger partial charge < -0.3 is 9.47 Å². The van der Waals surface area contributed by atoms with Crippen molar-refractivity contribution in [2.75, 3.05) is 14.2 Å². The maximum atomic E-state index is 5.30. The zero-order valence-corrected chi connectivity index (χ0v) is 14.0. The van der Waals surface area contributed by atoms with Gasteiger partial charge in [0.15, 0.2) is 0 Å². The van der Waals surface area contributed by atoms with Crippen LogP contribution in [0.25, 0.3) is 0 Å².